The van der Waals surface area contributed by atoms with Crippen LogP contribution in [0.5, 0.6) is 0 Å². The number of fused-ring (bicyclic) bond motifs is 1. The summed E-state index contributed by atoms with van der Waals surface area (Å²) in [5, 5.41) is 7.16. The van der Waals surface area contributed by atoms with Crippen molar-refractivity contribution in [3.8, 4) is 0 Å². The third-order valence-electron chi connectivity index (χ3n) is 6.03. The molecule has 2 aliphatic heterocycles. The number of hydrogen-bond acceptors (Lipinski definition) is 3. The molecule has 5 nitrogen and oxygen atoms in total. The normalized spacial score (nSPS) is 24.7. The molecule has 4 rings (SSSR count). The van der Waals surface area contributed by atoms with Gasteiger partial charge in [0.15, 0.2) is 6.04 Å². The lowest BCUT2D eigenvalue weighted by molar-refractivity contribution is -0.173. The summed E-state index contributed by atoms with van der Waals surface area (Å²) in [6.45, 7) is 2.67. The van der Waals surface area contributed by atoms with Crippen LogP contribution in [-0.2, 0) is 0 Å². The van der Waals surface area contributed by atoms with Gasteiger partial charge in [-0.15, -0.1) is 0 Å². The number of carbonyl (C=O) groups is 1. The van der Waals surface area contributed by atoms with Gasteiger partial charge < -0.3 is 10.2 Å². The van der Waals surface area contributed by atoms with Gasteiger partial charge in [0.1, 0.15) is 11.4 Å². The highest BCUT2D eigenvalue weighted by atomic mass is 19.4. The number of carbonyl (C=O) groups excluding carboxylic acids is 1. The van der Waals surface area contributed by atoms with Gasteiger partial charge in [-0.3, -0.25) is 4.79 Å². The minimum absolute atomic E-state index is 0.124. The number of anilines is 1. The zero-order valence-electron chi connectivity index (χ0n) is 16.3. The van der Waals surface area contributed by atoms with Crippen molar-refractivity contribution in [1.82, 2.24) is 14.7 Å². The molecule has 0 radical (unpaired) electrons. The molecule has 1 aromatic carbocycles. The number of rotatable bonds is 3. The lowest BCUT2D eigenvalue weighted by atomic mass is 9.96. The van der Waals surface area contributed by atoms with E-state index in [2.05, 4.69) is 10.4 Å². The first-order valence-electron chi connectivity index (χ1n) is 10.2. The van der Waals surface area contributed by atoms with E-state index in [1.807, 2.05) is 13.0 Å². The fourth-order valence-corrected chi connectivity index (χ4v) is 4.47. The quantitative estimate of drug-likeness (QED) is 0.785. The first-order chi connectivity index (χ1) is 13.9. The second-order valence-electron chi connectivity index (χ2n) is 7.81. The number of halogens is 3. The average Bonchev–Trinajstić information content (AvgIpc) is 3.16. The molecule has 1 N–H and O–H groups in total. The molecule has 0 unspecified atom stereocenters. The van der Waals surface area contributed by atoms with Gasteiger partial charge in [-0.25, -0.2) is 4.68 Å². The first-order valence-corrected chi connectivity index (χ1v) is 10.2. The summed E-state index contributed by atoms with van der Waals surface area (Å²) in [5.74, 6) is -0.0715. The number of piperidine rings is 1. The van der Waals surface area contributed by atoms with Gasteiger partial charge in [-0.1, -0.05) is 37.3 Å². The summed E-state index contributed by atoms with van der Waals surface area (Å²) < 4.78 is 42.4. The van der Waals surface area contributed by atoms with Crippen LogP contribution in [0.15, 0.2) is 36.5 Å². The molecule has 8 heteroatoms. The number of nitrogens with zero attached hydrogens (tertiary/aromatic N) is 3. The topological polar surface area (TPSA) is 50.2 Å². The van der Waals surface area contributed by atoms with Crippen molar-refractivity contribution in [3.63, 3.8) is 0 Å². The molecule has 0 spiro atoms. The van der Waals surface area contributed by atoms with E-state index in [0.29, 0.717) is 6.54 Å². The molecule has 1 saturated heterocycles. The molecule has 1 aromatic heterocycles. The van der Waals surface area contributed by atoms with E-state index >= 15 is 0 Å². The highest BCUT2D eigenvalue weighted by Crippen LogP contribution is 2.44. The van der Waals surface area contributed by atoms with Gasteiger partial charge in [0.05, 0.1) is 12.2 Å². The van der Waals surface area contributed by atoms with Crippen molar-refractivity contribution < 1.29 is 18.0 Å². The molecule has 1 fully saturated rings. The summed E-state index contributed by atoms with van der Waals surface area (Å²) in [6.07, 6.45) is 0.412. The Morgan fingerprint density at radius 2 is 2.00 bits per heavy atom. The van der Waals surface area contributed by atoms with E-state index in [0.717, 1.165) is 35.9 Å². The van der Waals surface area contributed by atoms with Crippen LogP contribution in [0, 0.1) is 0 Å². The summed E-state index contributed by atoms with van der Waals surface area (Å²) in [5.41, 5.74) is 0.984. The number of amides is 1. The summed E-state index contributed by atoms with van der Waals surface area (Å²) in [7, 11) is 0. The van der Waals surface area contributed by atoms with Gasteiger partial charge in [-0.2, -0.15) is 18.3 Å². The first kappa shape index (κ1) is 19.8. The fraction of sp³-hybridized carbons (Fsp3) is 0.524. The predicted molar refractivity (Wildman–Crippen MR) is 104 cm³/mol. The lowest BCUT2D eigenvalue weighted by Gasteiger charge is -2.37. The molecular weight excluding hydrogens is 381 g/mol. The number of alkyl halides is 3. The Kier molecular flexibility index (Phi) is 5.27. The van der Waals surface area contributed by atoms with Crippen LogP contribution in [0.25, 0.3) is 0 Å². The van der Waals surface area contributed by atoms with Crippen molar-refractivity contribution in [1.29, 1.82) is 0 Å². The van der Waals surface area contributed by atoms with Crippen LogP contribution < -0.4 is 5.32 Å². The second-order valence-corrected chi connectivity index (χ2v) is 7.81. The number of hydrogen-bond donors (Lipinski definition) is 1. The van der Waals surface area contributed by atoms with Gasteiger partial charge in [-0.05, 0) is 31.2 Å². The van der Waals surface area contributed by atoms with Gasteiger partial charge in [0.2, 0.25) is 0 Å². The number of likely N-dealkylation sites (tertiary alicyclic amines) is 1. The van der Waals surface area contributed by atoms with E-state index in [4.69, 9.17) is 0 Å². The Morgan fingerprint density at radius 3 is 2.69 bits per heavy atom. The maximum absolute atomic E-state index is 13.8. The number of aromatic nitrogens is 2. The minimum Gasteiger partial charge on any atom is -0.363 e. The van der Waals surface area contributed by atoms with Gasteiger partial charge >= 0.3 is 6.18 Å². The molecule has 0 aliphatic carbocycles. The van der Waals surface area contributed by atoms with Gasteiger partial charge in [0, 0.05) is 19.0 Å². The van der Waals surface area contributed by atoms with Crippen LogP contribution in [0.2, 0.25) is 0 Å². The Hall–Kier alpha value is -2.51. The molecule has 3 heterocycles. The Labute approximate surface area is 167 Å². The Balaban J connectivity index is 1.71. The third kappa shape index (κ3) is 3.72. The van der Waals surface area contributed by atoms with Gasteiger partial charge in [0.25, 0.3) is 5.91 Å². The maximum atomic E-state index is 13.8. The zero-order valence-corrected chi connectivity index (χ0v) is 16.3. The third-order valence-corrected chi connectivity index (χ3v) is 6.03. The molecule has 0 saturated carbocycles. The summed E-state index contributed by atoms with van der Waals surface area (Å²) >= 11 is 0. The van der Waals surface area contributed by atoms with Crippen LogP contribution in [0.1, 0.15) is 67.0 Å². The average molecular weight is 406 g/mol. The van der Waals surface area contributed by atoms with E-state index in [9.17, 15) is 18.0 Å². The van der Waals surface area contributed by atoms with Crippen molar-refractivity contribution in [2.45, 2.75) is 63.3 Å². The summed E-state index contributed by atoms with van der Waals surface area (Å²) in [6, 6.07) is 6.85. The zero-order chi connectivity index (χ0) is 20.6. The molecule has 2 aliphatic rings. The minimum atomic E-state index is -4.45. The van der Waals surface area contributed by atoms with E-state index in [-0.39, 0.29) is 29.8 Å². The van der Waals surface area contributed by atoms with Crippen molar-refractivity contribution in [2.24, 2.45) is 0 Å². The molecule has 29 heavy (non-hydrogen) atoms. The SMILES string of the molecule is CC[C@@H]1CCCCN1C(=O)c1cnn2c1N[C@H](c1ccccc1)C[C@@H]2C(F)(F)F. The molecule has 1 amide bonds. The largest absolute Gasteiger partial charge is 0.410 e. The smallest absolute Gasteiger partial charge is 0.363 e. The Bertz CT molecular complexity index is 865. The molecular formula is C21H25F3N4O. The van der Waals surface area contributed by atoms with Crippen molar-refractivity contribution in [2.75, 3.05) is 11.9 Å². The highest BCUT2D eigenvalue weighted by Gasteiger charge is 2.47. The lowest BCUT2D eigenvalue weighted by Crippen LogP contribution is -2.44. The van der Waals surface area contributed by atoms with Crippen LogP contribution in [-0.4, -0.2) is 39.4 Å². The summed E-state index contributed by atoms with van der Waals surface area (Å²) in [4.78, 5) is 15.1. The van der Waals surface area contributed by atoms with E-state index in [1.165, 1.54) is 6.20 Å². The number of benzene rings is 1. The van der Waals surface area contributed by atoms with Crippen molar-refractivity contribution >= 4 is 11.7 Å². The Morgan fingerprint density at radius 1 is 1.24 bits per heavy atom. The number of nitrogens with one attached hydrogen (secondary N) is 1. The molecule has 156 valence electrons. The molecule has 0 bridgehead atoms. The predicted octanol–water partition coefficient (Wildman–Crippen LogP) is 4.95. The highest BCUT2D eigenvalue weighted by molar-refractivity contribution is 5.99. The second kappa shape index (κ2) is 7.72. The monoisotopic (exact) mass is 406 g/mol. The van der Waals surface area contributed by atoms with E-state index < -0.39 is 18.3 Å². The standard InChI is InChI=1S/C21H25F3N4O/c1-2-15-10-6-7-11-27(15)20(29)16-13-25-28-18(21(22,23)24)12-17(26-19(16)28)14-8-4-3-5-9-14/h3-5,8-9,13,15,17-18,26H,2,6-7,10-12H2,1H3/t15-,17+,18-/m1/s1. The van der Waals surface area contributed by atoms with Crippen LogP contribution in [0.3, 0.4) is 0 Å². The molecule has 3 atom stereocenters. The van der Waals surface area contributed by atoms with Crippen molar-refractivity contribution in [3.05, 3.63) is 47.7 Å². The fourth-order valence-electron chi connectivity index (χ4n) is 4.47. The van der Waals surface area contributed by atoms with Crippen LogP contribution >= 0.6 is 0 Å². The van der Waals surface area contributed by atoms with Crippen LogP contribution in [0.4, 0.5) is 19.0 Å². The van der Waals surface area contributed by atoms with E-state index in [1.54, 1.807) is 29.2 Å². The maximum Gasteiger partial charge on any atom is 0.410 e. The molecule has 2 aromatic rings.